The van der Waals surface area contributed by atoms with Crippen LogP contribution in [0.4, 0.5) is 0 Å². The first-order valence-corrected chi connectivity index (χ1v) is 11.4. The molecule has 0 radical (unpaired) electrons. The summed E-state index contributed by atoms with van der Waals surface area (Å²) in [5.41, 5.74) is 5.19. The third-order valence-corrected chi connectivity index (χ3v) is 6.57. The molecule has 0 saturated heterocycles. The fourth-order valence-corrected chi connectivity index (χ4v) is 4.42. The van der Waals surface area contributed by atoms with E-state index < -0.39 is 0 Å². The van der Waals surface area contributed by atoms with E-state index in [4.69, 9.17) is 0 Å². The lowest BCUT2D eigenvalue weighted by atomic mass is 9.89. The summed E-state index contributed by atoms with van der Waals surface area (Å²) < 4.78 is 0. The van der Waals surface area contributed by atoms with Crippen LogP contribution in [0.15, 0.2) is 61.7 Å². The highest BCUT2D eigenvalue weighted by molar-refractivity contribution is 5.47. The maximum Gasteiger partial charge on any atom is 0.0210 e. The Morgan fingerprint density at radius 1 is 0.867 bits per heavy atom. The van der Waals surface area contributed by atoms with Crippen molar-refractivity contribution < 1.29 is 0 Å². The summed E-state index contributed by atoms with van der Waals surface area (Å²) in [5, 5.41) is 7.60. The topological polar surface area (TPSA) is 24.1 Å². The first-order valence-electron chi connectivity index (χ1n) is 11.4. The monoisotopic (exact) mass is 402 g/mol. The molecular weight excluding hydrogens is 364 g/mol. The molecule has 1 aliphatic carbocycles. The van der Waals surface area contributed by atoms with Gasteiger partial charge in [-0.2, -0.15) is 0 Å². The number of hydrogen-bond donors (Lipinski definition) is 2. The van der Waals surface area contributed by atoms with E-state index >= 15 is 0 Å². The van der Waals surface area contributed by atoms with Crippen molar-refractivity contribution in [2.75, 3.05) is 0 Å². The van der Waals surface area contributed by atoms with Gasteiger partial charge in [0.15, 0.2) is 0 Å². The summed E-state index contributed by atoms with van der Waals surface area (Å²) in [5.74, 6) is 0.783. The molecule has 2 N–H and O–H groups in total. The quantitative estimate of drug-likeness (QED) is 0.443. The molecule has 1 fully saturated rings. The van der Waals surface area contributed by atoms with E-state index in [9.17, 15) is 0 Å². The van der Waals surface area contributed by atoms with E-state index in [1.54, 1.807) is 0 Å². The van der Waals surface area contributed by atoms with Gasteiger partial charge in [-0.3, -0.25) is 0 Å². The number of rotatable bonds is 11. The molecule has 0 aliphatic heterocycles. The van der Waals surface area contributed by atoms with Crippen LogP contribution < -0.4 is 10.6 Å². The molecule has 0 bridgehead atoms. The van der Waals surface area contributed by atoms with Gasteiger partial charge < -0.3 is 10.6 Å². The van der Waals surface area contributed by atoms with Crippen molar-refractivity contribution in [2.24, 2.45) is 5.92 Å². The molecule has 0 amide bonds. The lowest BCUT2D eigenvalue weighted by Gasteiger charge is -2.30. The van der Waals surface area contributed by atoms with Gasteiger partial charge in [0.05, 0.1) is 0 Å². The van der Waals surface area contributed by atoms with Gasteiger partial charge in [0.2, 0.25) is 0 Å². The maximum absolute atomic E-state index is 3.84. The summed E-state index contributed by atoms with van der Waals surface area (Å²) in [6.07, 6.45) is 10.3. The van der Waals surface area contributed by atoms with E-state index in [1.807, 2.05) is 12.2 Å². The van der Waals surface area contributed by atoms with Gasteiger partial charge in [0, 0.05) is 24.7 Å². The van der Waals surface area contributed by atoms with Crippen LogP contribution in [0.2, 0.25) is 0 Å². The van der Waals surface area contributed by atoms with Gasteiger partial charge in [-0.15, -0.1) is 0 Å². The molecule has 2 aromatic carbocycles. The highest BCUT2D eigenvalue weighted by Gasteiger charge is 2.28. The lowest BCUT2D eigenvalue weighted by molar-refractivity contribution is 0.293. The number of hydrogen-bond acceptors (Lipinski definition) is 2. The SMILES string of the molecule is C=Cc1ccc(CNC2CCCC2CCC(C)(C)NCc2ccc(C=C)cc2)cc1. The van der Waals surface area contributed by atoms with Crippen molar-refractivity contribution >= 4 is 12.2 Å². The Morgan fingerprint density at radius 3 is 2.00 bits per heavy atom. The third-order valence-electron chi connectivity index (χ3n) is 6.57. The molecular formula is C28H38N2. The van der Waals surface area contributed by atoms with Crippen LogP contribution >= 0.6 is 0 Å². The normalized spacial score (nSPS) is 19.0. The molecule has 0 aromatic heterocycles. The van der Waals surface area contributed by atoms with Crippen molar-refractivity contribution in [2.45, 2.75) is 70.6 Å². The fraction of sp³-hybridized carbons (Fsp3) is 0.429. The van der Waals surface area contributed by atoms with Gasteiger partial charge in [-0.05, 0) is 67.7 Å². The summed E-state index contributed by atoms with van der Waals surface area (Å²) in [6, 6.07) is 18.0. The molecule has 1 aliphatic rings. The second kappa shape index (κ2) is 10.7. The smallest absolute Gasteiger partial charge is 0.0210 e. The zero-order valence-electron chi connectivity index (χ0n) is 18.8. The summed E-state index contributed by atoms with van der Waals surface area (Å²) in [7, 11) is 0. The largest absolute Gasteiger partial charge is 0.310 e. The van der Waals surface area contributed by atoms with Crippen LogP contribution in [-0.4, -0.2) is 11.6 Å². The van der Waals surface area contributed by atoms with Gasteiger partial charge in [-0.1, -0.05) is 80.3 Å². The number of nitrogens with one attached hydrogen (secondary N) is 2. The highest BCUT2D eigenvalue weighted by Crippen LogP contribution is 2.31. The van der Waals surface area contributed by atoms with Gasteiger partial charge >= 0.3 is 0 Å². The molecule has 1 saturated carbocycles. The van der Waals surface area contributed by atoms with Crippen molar-refractivity contribution in [3.8, 4) is 0 Å². The Morgan fingerprint density at radius 2 is 1.43 bits per heavy atom. The average molecular weight is 403 g/mol. The average Bonchev–Trinajstić information content (AvgIpc) is 3.23. The van der Waals surface area contributed by atoms with Crippen LogP contribution in [0.5, 0.6) is 0 Å². The molecule has 3 rings (SSSR count). The van der Waals surface area contributed by atoms with E-state index in [-0.39, 0.29) is 5.54 Å². The van der Waals surface area contributed by atoms with Crippen LogP contribution in [0, 0.1) is 5.92 Å². The molecule has 0 spiro atoms. The maximum atomic E-state index is 3.84. The molecule has 30 heavy (non-hydrogen) atoms. The predicted octanol–water partition coefficient (Wildman–Crippen LogP) is 6.58. The predicted molar refractivity (Wildman–Crippen MR) is 131 cm³/mol. The highest BCUT2D eigenvalue weighted by atomic mass is 15.0. The molecule has 2 unspecified atom stereocenters. The molecule has 2 atom stereocenters. The molecule has 2 nitrogen and oxygen atoms in total. The molecule has 0 heterocycles. The van der Waals surface area contributed by atoms with Crippen LogP contribution in [0.25, 0.3) is 12.2 Å². The van der Waals surface area contributed by atoms with Crippen molar-refractivity contribution in [3.63, 3.8) is 0 Å². The van der Waals surface area contributed by atoms with Gasteiger partial charge in [-0.25, -0.2) is 0 Å². The minimum atomic E-state index is 0.144. The zero-order chi connectivity index (χ0) is 21.4. The second-order valence-electron chi connectivity index (χ2n) is 9.35. The minimum absolute atomic E-state index is 0.144. The third kappa shape index (κ3) is 6.68. The Hall–Kier alpha value is -2.16. The zero-order valence-corrected chi connectivity index (χ0v) is 18.8. The Bertz CT molecular complexity index is 802. The van der Waals surface area contributed by atoms with E-state index in [2.05, 4.69) is 86.2 Å². The Balaban J connectivity index is 1.44. The van der Waals surface area contributed by atoms with Crippen molar-refractivity contribution in [3.05, 3.63) is 83.9 Å². The van der Waals surface area contributed by atoms with Crippen LogP contribution in [0.3, 0.4) is 0 Å². The first kappa shape index (κ1) is 22.5. The molecule has 2 aromatic rings. The summed E-state index contributed by atoms with van der Waals surface area (Å²) in [6.45, 7) is 14.2. The Kier molecular flexibility index (Phi) is 8.07. The lowest BCUT2D eigenvalue weighted by Crippen LogP contribution is -2.40. The van der Waals surface area contributed by atoms with Crippen molar-refractivity contribution in [1.29, 1.82) is 0 Å². The van der Waals surface area contributed by atoms with E-state index in [0.717, 1.165) is 19.0 Å². The van der Waals surface area contributed by atoms with Gasteiger partial charge in [0.25, 0.3) is 0 Å². The molecule has 160 valence electrons. The minimum Gasteiger partial charge on any atom is -0.310 e. The Labute approximate surface area is 183 Å². The first-order chi connectivity index (χ1) is 14.5. The van der Waals surface area contributed by atoms with Gasteiger partial charge in [0.1, 0.15) is 0 Å². The van der Waals surface area contributed by atoms with Crippen LogP contribution in [0.1, 0.15) is 68.2 Å². The standard InChI is InChI=1S/C28H38N2/c1-5-22-10-14-24(15-11-22)20-29-27-9-7-8-26(27)18-19-28(3,4)30-21-25-16-12-23(6-2)13-17-25/h5-6,10-17,26-27,29-30H,1-2,7-9,18-21H2,3-4H3. The van der Waals surface area contributed by atoms with Crippen LogP contribution in [-0.2, 0) is 13.1 Å². The van der Waals surface area contributed by atoms with Crippen molar-refractivity contribution in [1.82, 2.24) is 10.6 Å². The molecule has 2 heteroatoms. The summed E-state index contributed by atoms with van der Waals surface area (Å²) >= 11 is 0. The summed E-state index contributed by atoms with van der Waals surface area (Å²) in [4.78, 5) is 0. The number of benzene rings is 2. The van der Waals surface area contributed by atoms with E-state index in [0.29, 0.717) is 6.04 Å². The fourth-order valence-electron chi connectivity index (χ4n) is 4.42. The van der Waals surface area contributed by atoms with E-state index in [1.165, 1.54) is 54.4 Å². The second-order valence-corrected chi connectivity index (χ2v) is 9.35.